The highest BCUT2D eigenvalue weighted by atomic mass is 35.5. The molecule has 0 radical (unpaired) electrons. The molecule has 1 aromatic rings. The van der Waals surface area contributed by atoms with E-state index in [2.05, 4.69) is 44.7 Å². The lowest BCUT2D eigenvalue weighted by Gasteiger charge is -2.30. The van der Waals surface area contributed by atoms with Crippen molar-refractivity contribution in [3.05, 3.63) is 76.7 Å². The molecule has 0 atom stereocenters. The Hall–Kier alpha value is -2.26. The number of carbonyl (C=O) groups excluding carboxylic acids is 1. The third-order valence-electron chi connectivity index (χ3n) is 5.36. The molecule has 0 saturated heterocycles. The van der Waals surface area contributed by atoms with Gasteiger partial charge in [0, 0.05) is 30.7 Å². The summed E-state index contributed by atoms with van der Waals surface area (Å²) >= 11 is 6.27. The summed E-state index contributed by atoms with van der Waals surface area (Å²) < 4.78 is 0. The molecular weight excluding hydrogens is 380 g/mol. The third kappa shape index (κ3) is 6.11. The van der Waals surface area contributed by atoms with Crippen molar-refractivity contribution in [2.45, 2.75) is 53.4 Å². The number of aryl methyl sites for hydroxylation is 1. The molecule has 0 aliphatic carbocycles. The first-order valence-corrected chi connectivity index (χ1v) is 10.9. The molecule has 1 heterocycles. The summed E-state index contributed by atoms with van der Waals surface area (Å²) in [6.07, 6.45) is 9.33. The first-order valence-electron chi connectivity index (χ1n) is 10.5. The van der Waals surface area contributed by atoms with Gasteiger partial charge in [-0.15, -0.1) is 0 Å². The van der Waals surface area contributed by atoms with Crippen molar-refractivity contribution in [1.82, 2.24) is 9.80 Å². The van der Waals surface area contributed by atoms with E-state index in [1.165, 1.54) is 18.4 Å². The Bertz CT molecular complexity index is 814. The molecule has 1 aliphatic heterocycles. The van der Waals surface area contributed by atoms with Crippen molar-refractivity contribution in [2.75, 3.05) is 13.1 Å². The van der Waals surface area contributed by atoms with E-state index in [4.69, 9.17) is 11.6 Å². The zero-order valence-electron chi connectivity index (χ0n) is 18.2. The minimum absolute atomic E-state index is 0.107. The van der Waals surface area contributed by atoms with Crippen LogP contribution in [0.4, 0.5) is 0 Å². The van der Waals surface area contributed by atoms with E-state index in [-0.39, 0.29) is 5.91 Å². The van der Waals surface area contributed by atoms with Gasteiger partial charge in [0.2, 0.25) is 5.91 Å². The van der Waals surface area contributed by atoms with Gasteiger partial charge >= 0.3 is 0 Å². The summed E-state index contributed by atoms with van der Waals surface area (Å²) in [5, 5.41) is 0.618. The first kappa shape index (κ1) is 23.0. The van der Waals surface area contributed by atoms with Crippen LogP contribution in [0.3, 0.4) is 0 Å². The minimum Gasteiger partial charge on any atom is -0.343 e. The highest BCUT2D eigenvalue weighted by molar-refractivity contribution is 6.31. The number of hydrogen-bond donors (Lipinski definition) is 0. The van der Waals surface area contributed by atoms with Crippen LogP contribution in [0.25, 0.3) is 5.57 Å². The Kier molecular flexibility index (Phi) is 8.78. The molecule has 156 valence electrons. The van der Waals surface area contributed by atoms with Gasteiger partial charge in [-0.2, -0.15) is 0 Å². The largest absolute Gasteiger partial charge is 0.343 e. The zero-order valence-corrected chi connectivity index (χ0v) is 18.9. The summed E-state index contributed by atoms with van der Waals surface area (Å²) in [7, 11) is 0. The monoisotopic (exact) mass is 412 g/mol. The van der Waals surface area contributed by atoms with Crippen molar-refractivity contribution in [2.24, 2.45) is 0 Å². The van der Waals surface area contributed by atoms with Crippen LogP contribution in [0, 0.1) is 0 Å². The number of allylic oxidation sites excluding steroid dienone is 4. The molecule has 0 fully saturated rings. The van der Waals surface area contributed by atoms with Crippen LogP contribution in [0.2, 0.25) is 0 Å². The SMILES string of the molecule is C=C1C=CC(Cl)=CN1/C(CC(=O)N(CC)CC)=C(\C)c1ccc(CCCC)cc1. The molecule has 0 aromatic heterocycles. The molecule has 29 heavy (non-hydrogen) atoms. The van der Waals surface area contributed by atoms with Crippen molar-refractivity contribution in [1.29, 1.82) is 0 Å². The molecule has 0 bridgehead atoms. The van der Waals surface area contributed by atoms with Crippen LogP contribution in [-0.4, -0.2) is 28.8 Å². The van der Waals surface area contributed by atoms with E-state index in [1.807, 2.05) is 42.0 Å². The van der Waals surface area contributed by atoms with Crippen molar-refractivity contribution < 1.29 is 4.79 Å². The average Bonchev–Trinajstić information content (AvgIpc) is 2.73. The predicted octanol–water partition coefficient (Wildman–Crippen LogP) is 6.48. The fraction of sp³-hybridized carbons (Fsp3) is 0.400. The van der Waals surface area contributed by atoms with Gasteiger partial charge in [0.1, 0.15) is 0 Å². The van der Waals surface area contributed by atoms with Crippen LogP contribution >= 0.6 is 11.6 Å². The van der Waals surface area contributed by atoms with Gasteiger partial charge in [-0.1, -0.05) is 55.8 Å². The van der Waals surface area contributed by atoms with E-state index in [1.54, 1.807) is 0 Å². The maximum Gasteiger partial charge on any atom is 0.228 e. The van der Waals surface area contributed by atoms with Gasteiger partial charge in [-0.3, -0.25) is 4.79 Å². The number of unbranched alkanes of at least 4 members (excludes halogenated alkanes) is 1. The van der Waals surface area contributed by atoms with Crippen LogP contribution in [-0.2, 0) is 11.2 Å². The third-order valence-corrected chi connectivity index (χ3v) is 5.58. The molecular formula is C25H33ClN2O. The lowest BCUT2D eigenvalue weighted by Crippen LogP contribution is -2.32. The van der Waals surface area contributed by atoms with Gasteiger partial charge in [-0.25, -0.2) is 0 Å². The zero-order chi connectivity index (χ0) is 21.4. The normalized spacial score (nSPS) is 14.6. The van der Waals surface area contributed by atoms with Crippen molar-refractivity contribution in [3.63, 3.8) is 0 Å². The molecule has 0 saturated carbocycles. The van der Waals surface area contributed by atoms with Gasteiger partial charge in [0.15, 0.2) is 0 Å². The number of nitrogens with zero attached hydrogens (tertiary/aromatic N) is 2. The second-order valence-electron chi connectivity index (χ2n) is 7.32. The summed E-state index contributed by atoms with van der Waals surface area (Å²) in [4.78, 5) is 16.7. The second kappa shape index (κ2) is 11.1. The number of halogens is 1. The molecule has 0 N–H and O–H groups in total. The van der Waals surface area contributed by atoms with Gasteiger partial charge < -0.3 is 9.80 Å². The Morgan fingerprint density at radius 3 is 2.34 bits per heavy atom. The van der Waals surface area contributed by atoms with E-state index in [0.29, 0.717) is 24.5 Å². The number of carbonyl (C=O) groups is 1. The molecule has 1 aromatic carbocycles. The molecule has 1 aliphatic rings. The Morgan fingerprint density at radius 1 is 1.10 bits per heavy atom. The van der Waals surface area contributed by atoms with Gasteiger partial charge in [0.05, 0.1) is 11.5 Å². The van der Waals surface area contributed by atoms with Gasteiger partial charge in [-0.05, 0) is 62.5 Å². The molecule has 1 amide bonds. The Labute approximate surface area is 181 Å². The lowest BCUT2D eigenvalue weighted by molar-refractivity contribution is -0.130. The molecule has 4 heteroatoms. The number of amides is 1. The van der Waals surface area contributed by atoms with E-state index >= 15 is 0 Å². The maximum absolute atomic E-state index is 12.9. The lowest BCUT2D eigenvalue weighted by atomic mass is 9.99. The predicted molar refractivity (Wildman–Crippen MR) is 124 cm³/mol. The minimum atomic E-state index is 0.107. The number of hydrogen-bond acceptors (Lipinski definition) is 2. The summed E-state index contributed by atoms with van der Waals surface area (Å²) in [5.41, 5.74) is 5.23. The molecule has 3 nitrogen and oxygen atoms in total. The van der Waals surface area contributed by atoms with Crippen molar-refractivity contribution >= 4 is 23.1 Å². The average molecular weight is 413 g/mol. The quantitative estimate of drug-likeness (QED) is 0.463. The standard InChI is InChI=1S/C25H33ClN2O/c1-6-9-10-21-12-14-22(15-13-21)20(5)24(17-25(29)27(7-2)8-3)28-18-23(26)16-11-19(28)4/h11-16,18H,4,6-10,17H2,1-3,5H3/b24-20+. The maximum atomic E-state index is 12.9. The van der Waals surface area contributed by atoms with E-state index < -0.39 is 0 Å². The smallest absolute Gasteiger partial charge is 0.228 e. The summed E-state index contributed by atoms with van der Waals surface area (Å²) in [5.74, 6) is 0.107. The van der Waals surface area contributed by atoms with Crippen LogP contribution < -0.4 is 0 Å². The van der Waals surface area contributed by atoms with E-state index in [9.17, 15) is 4.79 Å². The van der Waals surface area contributed by atoms with Gasteiger partial charge in [0.25, 0.3) is 0 Å². The summed E-state index contributed by atoms with van der Waals surface area (Å²) in [6.45, 7) is 13.8. The Morgan fingerprint density at radius 2 is 1.76 bits per heavy atom. The fourth-order valence-electron chi connectivity index (χ4n) is 3.46. The first-order chi connectivity index (χ1) is 13.9. The van der Waals surface area contributed by atoms with Crippen LogP contribution in [0.15, 0.2) is 65.6 Å². The fourth-order valence-corrected chi connectivity index (χ4v) is 3.62. The molecule has 0 unspecified atom stereocenters. The number of rotatable bonds is 9. The second-order valence-corrected chi connectivity index (χ2v) is 7.76. The Balaban J connectivity index is 2.43. The highest BCUT2D eigenvalue weighted by Crippen LogP contribution is 2.31. The van der Waals surface area contributed by atoms with E-state index in [0.717, 1.165) is 29.0 Å². The van der Waals surface area contributed by atoms with Crippen LogP contribution in [0.1, 0.15) is 58.1 Å². The highest BCUT2D eigenvalue weighted by Gasteiger charge is 2.21. The topological polar surface area (TPSA) is 23.6 Å². The van der Waals surface area contributed by atoms with Crippen molar-refractivity contribution in [3.8, 4) is 0 Å². The molecule has 2 rings (SSSR count). The summed E-state index contributed by atoms with van der Waals surface area (Å²) in [6, 6.07) is 8.67. The molecule has 0 spiro atoms. The van der Waals surface area contributed by atoms with Crippen LogP contribution in [0.5, 0.6) is 0 Å². The number of benzene rings is 1.